The Balaban J connectivity index is 2.92. The van der Waals surface area contributed by atoms with Crippen LogP contribution < -0.4 is 5.43 Å². The SMILES string of the molecule is CC(=O)Nn1c(O)ccc1O. The predicted molar refractivity (Wildman–Crippen MR) is 37.8 cm³/mol. The van der Waals surface area contributed by atoms with E-state index in [0.29, 0.717) is 0 Å². The summed E-state index contributed by atoms with van der Waals surface area (Å²) in [6.07, 6.45) is 0. The third kappa shape index (κ3) is 1.43. The van der Waals surface area contributed by atoms with Gasteiger partial charge in [-0.15, -0.1) is 0 Å². The van der Waals surface area contributed by atoms with Crippen LogP contribution in [0.25, 0.3) is 0 Å². The summed E-state index contributed by atoms with van der Waals surface area (Å²) in [5.41, 5.74) is 2.20. The predicted octanol–water partition coefficient (Wildman–Crippen LogP) is -0.0107. The van der Waals surface area contributed by atoms with Gasteiger partial charge in [-0.05, 0) is 0 Å². The van der Waals surface area contributed by atoms with E-state index in [1.807, 2.05) is 0 Å². The zero-order valence-electron chi connectivity index (χ0n) is 5.90. The number of aromatic hydroxyl groups is 2. The Bertz CT molecular complexity index is 260. The Morgan fingerprint density at radius 2 is 1.91 bits per heavy atom. The van der Waals surface area contributed by atoms with Crippen molar-refractivity contribution in [1.82, 2.24) is 4.68 Å². The molecule has 11 heavy (non-hydrogen) atoms. The van der Waals surface area contributed by atoms with E-state index < -0.39 is 0 Å². The molecule has 0 aliphatic rings. The van der Waals surface area contributed by atoms with E-state index in [1.54, 1.807) is 0 Å². The number of amides is 1. The Labute approximate surface area is 62.9 Å². The first-order chi connectivity index (χ1) is 5.11. The zero-order valence-corrected chi connectivity index (χ0v) is 5.90. The Hall–Kier alpha value is -1.65. The lowest BCUT2D eigenvalue weighted by atomic mass is 10.6. The molecule has 0 aliphatic carbocycles. The van der Waals surface area contributed by atoms with Gasteiger partial charge in [-0.1, -0.05) is 0 Å². The van der Waals surface area contributed by atoms with Crippen LogP contribution in [0.3, 0.4) is 0 Å². The minimum atomic E-state index is -0.369. The number of hydrogen-bond donors (Lipinski definition) is 3. The third-order valence-corrected chi connectivity index (χ3v) is 1.11. The van der Waals surface area contributed by atoms with Crippen molar-refractivity contribution in [1.29, 1.82) is 0 Å². The minimum absolute atomic E-state index is 0.210. The van der Waals surface area contributed by atoms with Gasteiger partial charge in [0.15, 0.2) is 0 Å². The molecule has 0 unspecified atom stereocenters. The number of rotatable bonds is 1. The van der Waals surface area contributed by atoms with Crippen LogP contribution in [0.5, 0.6) is 11.8 Å². The largest absolute Gasteiger partial charge is 0.493 e. The molecule has 0 radical (unpaired) electrons. The number of nitrogens with zero attached hydrogens (tertiary/aromatic N) is 1. The third-order valence-electron chi connectivity index (χ3n) is 1.11. The normalized spacial score (nSPS) is 9.55. The molecule has 0 spiro atoms. The topological polar surface area (TPSA) is 74.5 Å². The van der Waals surface area contributed by atoms with Gasteiger partial charge in [-0.2, -0.15) is 4.68 Å². The Morgan fingerprint density at radius 1 is 1.45 bits per heavy atom. The Kier molecular flexibility index (Phi) is 1.72. The van der Waals surface area contributed by atoms with Gasteiger partial charge in [0.2, 0.25) is 17.7 Å². The Morgan fingerprint density at radius 3 is 2.27 bits per heavy atom. The fourth-order valence-corrected chi connectivity index (χ4v) is 0.688. The molecule has 0 bridgehead atoms. The lowest BCUT2D eigenvalue weighted by Crippen LogP contribution is -2.18. The van der Waals surface area contributed by atoms with E-state index in [-0.39, 0.29) is 17.7 Å². The van der Waals surface area contributed by atoms with Crippen LogP contribution in [0.15, 0.2) is 12.1 Å². The summed E-state index contributed by atoms with van der Waals surface area (Å²) < 4.78 is 0.877. The first kappa shape index (κ1) is 7.46. The summed E-state index contributed by atoms with van der Waals surface area (Å²) in [5, 5.41) is 17.9. The molecule has 1 heterocycles. The van der Waals surface area contributed by atoms with Crippen molar-refractivity contribution in [3.63, 3.8) is 0 Å². The van der Waals surface area contributed by atoms with Gasteiger partial charge in [0, 0.05) is 19.1 Å². The fraction of sp³-hybridized carbons (Fsp3) is 0.167. The molecule has 0 aromatic carbocycles. The average Bonchev–Trinajstić information content (AvgIpc) is 2.18. The lowest BCUT2D eigenvalue weighted by molar-refractivity contribution is -0.115. The van der Waals surface area contributed by atoms with E-state index in [4.69, 9.17) is 10.2 Å². The standard InChI is InChI=1S/C6H8N2O3/c1-4(9)7-8-5(10)2-3-6(8)11/h2-3,10-11H,1H3,(H,7,9). The van der Waals surface area contributed by atoms with Gasteiger partial charge in [0.1, 0.15) is 0 Å². The summed E-state index contributed by atoms with van der Waals surface area (Å²) in [6.45, 7) is 1.28. The summed E-state index contributed by atoms with van der Waals surface area (Å²) >= 11 is 0. The molecule has 0 aliphatic heterocycles. The van der Waals surface area contributed by atoms with Crippen molar-refractivity contribution in [3.05, 3.63) is 12.1 Å². The van der Waals surface area contributed by atoms with Crippen LogP contribution in [0, 0.1) is 0 Å². The van der Waals surface area contributed by atoms with E-state index in [0.717, 1.165) is 4.68 Å². The molecule has 5 nitrogen and oxygen atoms in total. The smallest absolute Gasteiger partial charge is 0.235 e. The molecule has 0 saturated carbocycles. The molecule has 1 aromatic heterocycles. The van der Waals surface area contributed by atoms with Crippen molar-refractivity contribution in [3.8, 4) is 11.8 Å². The molecule has 3 N–H and O–H groups in total. The minimum Gasteiger partial charge on any atom is -0.493 e. The van der Waals surface area contributed by atoms with Gasteiger partial charge in [-0.3, -0.25) is 10.2 Å². The molecule has 60 valence electrons. The highest BCUT2D eigenvalue weighted by atomic mass is 16.3. The molecule has 1 amide bonds. The second-order valence-electron chi connectivity index (χ2n) is 2.05. The average molecular weight is 156 g/mol. The fourth-order valence-electron chi connectivity index (χ4n) is 0.688. The quantitative estimate of drug-likeness (QED) is 0.535. The molecule has 5 heteroatoms. The first-order valence-electron chi connectivity index (χ1n) is 2.98. The van der Waals surface area contributed by atoms with E-state index in [2.05, 4.69) is 5.43 Å². The van der Waals surface area contributed by atoms with Crippen molar-refractivity contribution < 1.29 is 15.0 Å². The maximum atomic E-state index is 10.5. The number of hydrogen-bond acceptors (Lipinski definition) is 3. The lowest BCUT2D eigenvalue weighted by Gasteiger charge is -2.04. The van der Waals surface area contributed by atoms with Crippen LogP contribution in [-0.4, -0.2) is 20.8 Å². The summed E-state index contributed by atoms with van der Waals surface area (Å²) in [4.78, 5) is 10.5. The second kappa shape index (κ2) is 2.53. The van der Waals surface area contributed by atoms with Crippen LogP contribution in [0.2, 0.25) is 0 Å². The first-order valence-corrected chi connectivity index (χ1v) is 2.98. The second-order valence-corrected chi connectivity index (χ2v) is 2.05. The highest BCUT2D eigenvalue weighted by Gasteiger charge is 2.05. The molecule has 1 rings (SSSR count). The number of carbonyl (C=O) groups excluding carboxylic acids is 1. The molecular weight excluding hydrogens is 148 g/mol. The molecule has 0 fully saturated rings. The zero-order chi connectivity index (χ0) is 8.43. The van der Waals surface area contributed by atoms with Gasteiger partial charge < -0.3 is 10.2 Å². The molecule has 0 atom stereocenters. The van der Waals surface area contributed by atoms with Crippen molar-refractivity contribution in [2.45, 2.75) is 6.92 Å². The van der Waals surface area contributed by atoms with Crippen molar-refractivity contribution in [2.75, 3.05) is 5.43 Å². The number of nitrogens with one attached hydrogen (secondary N) is 1. The van der Waals surface area contributed by atoms with E-state index >= 15 is 0 Å². The maximum absolute atomic E-state index is 10.5. The van der Waals surface area contributed by atoms with Crippen molar-refractivity contribution in [2.24, 2.45) is 0 Å². The van der Waals surface area contributed by atoms with E-state index in [9.17, 15) is 4.79 Å². The van der Waals surface area contributed by atoms with Crippen LogP contribution in [0.4, 0.5) is 0 Å². The molecule has 0 saturated heterocycles. The molecule has 1 aromatic rings. The maximum Gasteiger partial charge on any atom is 0.235 e. The van der Waals surface area contributed by atoms with Crippen LogP contribution in [0.1, 0.15) is 6.92 Å². The number of carbonyl (C=O) groups is 1. The van der Waals surface area contributed by atoms with Gasteiger partial charge in [0.25, 0.3) is 0 Å². The van der Waals surface area contributed by atoms with Crippen molar-refractivity contribution >= 4 is 5.91 Å². The van der Waals surface area contributed by atoms with Gasteiger partial charge in [0.05, 0.1) is 0 Å². The van der Waals surface area contributed by atoms with Gasteiger partial charge in [-0.25, -0.2) is 0 Å². The van der Waals surface area contributed by atoms with Crippen LogP contribution in [-0.2, 0) is 4.79 Å². The van der Waals surface area contributed by atoms with E-state index in [1.165, 1.54) is 19.1 Å². The highest BCUT2D eigenvalue weighted by molar-refractivity contribution is 5.81. The summed E-state index contributed by atoms with van der Waals surface area (Å²) in [5.74, 6) is -0.790. The number of aromatic nitrogens is 1. The summed E-state index contributed by atoms with van der Waals surface area (Å²) in [7, 11) is 0. The monoisotopic (exact) mass is 156 g/mol. The van der Waals surface area contributed by atoms with Crippen LogP contribution >= 0.6 is 0 Å². The highest BCUT2D eigenvalue weighted by Crippen LogP contribution is 2.17. The molecular formula is C6H8N2O3. The summed E-state index contributed by atoms with van der Waals surface area (Å²) in [6, 6.07) is 2.54. The van der Waals surface area contributed by atoms with Gasteiger partial charge >= 0.3 is 0 Å².